The van der Waals surface area contributed by atoms with E-state index in [2.05, 4.69) is 15.5 Å². The van der Waals surface area contributed by atoms with Crippen LogP contribution in [0.4, 0.5) is 10.5 Å². The van der Waals surface area contributed by atoms with Crippen molar-refractivity contribution in [3.8, 4) is 11.3 Å². The molecule has 9 heteroatoms. The Bertz CT molecular complexity index is 1400. The summed E-state index contributed by atoms with van der Waals surface area (Å²) in [5.41, 5.74) is 3.80. The van der Waals surface area contributed by atoms with Crippen LogP contribution < -0.4 is 5.32 Å². The molecular formula is C26H28N5O3S+. The zero-order valence-corrected chi connectivity index (χ0v) is 20.8. The quantitative estimate of drug-likeness (QED) is 0.298. The number of carbonyl (C=O) groups is 2. The summed E-state index contributed by atoms with van der Waals surface area (Å²) in [6.07, 6.45) is 1.62. The zero-order valence-electron chi connectivity index (χ0n) is 20.0. The number of urea groups is 1. The van der Waals surface area contributed by atoms with Gasteiger partial charge in [-0.2, -0.15) is 4.48 Å². The molecule has 0 bridgehead atoms. The minimum atomic E-state index is -0.339. The van der Waals surface area contributed by atoms with Crippen molar-refractivity contribution in [2.24, 2.45) is 7.05 Å². The number of carbonyl (C=O) groups excluding carboxylic acids is 2. The summed E-state index contributed by atoms with van der Waals surface area (Å²) in [5.74, 6) is 0.534. The molecule has 1 aliphatic heterocycles. The van der Waals surface area contributed by atoms with E-state index in [1.54, 1.807) is 6.92 Å². The van der Waals surface area contributed by atoms with Gasteiger partial charge in [0.25, 0.3) is 0 Å². The first-order valence-corrected chi connectivity index (χ1v) is 12.7. The maximum absolute atomic E-state index is 13.8. The molecule has 1 unspecified atom stereocenters. The van der Waals surface area contributed by atoms with Crippen LogP contribution in [0, 0.1) is 6.92 Å². The molecule has 1 saturated heterocycles. The lowest BCUT2D eigenvalue weighted by molar-refractivity contribution is -0.781. The van der Waals surface area contributed by atoms with Gasteiger partial charge in [0.15, 0.2) is 10.9 Å². The Morgan fingerprint density at radius 3 is 2.63 bits per heavy atom. The summed E-state index contributed by atoms with van der Waals surface area (Å²) in [6, 6.07) is 17.0. The van der Waals surface area contributed by atoms with Gasteiger partial charge in [0.05, 0.1) is 17.6 Å². The zero-order chi connectivity index (χ0) is 24.6. The molecular weight excluding hydrogens is 462 g/mol. The van der Waals surface area contributed by atoms with Crippen molar-refractivity contribution in [1.29, 1.82) is 0 Å². The van der Waals surface area contributed by atoms with E-state index in [4.69, 9.17) is 4.52 Å². The number of rotatable bonds is 5. The van der Waals surface area contributed by atoms with Gasteiger partial charge in [-0.25, -0.2) is 14.6 Å². The van der Waals surface area contributed by atoms with Gasteiger partial charge in [-0.3, -0.25) is 5.32 Å². The molecule has 3 amide bonds. The van der Waals surface area contributed by atoms with E-state index in [1.807, 2.05) is 73.1 Å². The largest absolute Gasteiger partial charge is 0.428 e. The molecule has 1 N–H and O–H groups in total. The molecule has 2 aromatic carbocycles. The third kappa shape index (κ3) is 4.04. The van der Waals surface area contributed by atoms with E-state index in [9.17, 15) is 9.59 Å². The van der Waals surface area contributed by atoms with Crippen LogP contribution in [0.2, 0.25) is 0 Å². The third-order valence-corrected chi connectivity index (χ3v) is 7.92. The van der Waals surface area contributed by atoms with E-state index in [0.717, 1.165) is 34.6 Å². The fourth-order valence-electron chi connectivity index (χ4n) is 4.88. The molecule has 4 aromatic rings. The number of aryl methyl sites for hydroxylation is 2. The maximum Gasteiger partial charge on any atom is 0.428 e. The van der Waals surface area contributed by atoms with E-state index >= 15 is 0 Å². The van der Waals surface area contributed by atoms with E-state index < -0.39 is 0 Å². The van der Waals surface area contributed by atoms with Crippen molar-refractivity contribution in [2.75, 3.05) is 17.6 Å². The van der Waals surface area contributed by atoms with E-state index in [-0.39, 0.29) is 28.2 Å². The summed E-state index contributed by atoms with van der Waals surface area (Å²) >= 11 is 1.37. The van der Waals surface area contributed by atoms with Crippen molar-refractivity contribution in [1.82, 2.24) is 14.7 Å². The number of amides is 3. The minimum Gasteiger partial charge on any atom is -0.359 e. The van der Waals surface area contributed by atoms with Gasteiger partial charge in [0.2, 0.25) is 0 Å². The van der Waals surface area contributed by atoms with Gasteiger partial charge < -0.3 is 9.09 Å². The Morgan fingerprint density at radius 2 is 1.91 bits per heavy atom. The summed E-state index contributed by atoms with van der Waals surface area (Å²) in [7, 11) is 1.94. The van der Waals surface area contributed by atoms with Crippen LogP contribution in [0.1, 0.15) is 25.5 Å². The van der Waals surface area contributed by atoms with Gasteiger partial charge in [0, 0.05) is 25.5 Å². The maximum atomic E-state index is 13.8. The highest BCUT2D eigenvalue weighted by Gasteiger charge is 2.52. The van der Waals surface area contributed by atoms with Crippen LogP contribution in [0.3, 0.4) is 0 Å². The van der Waals surface area contributed by atoms with Crippen molar-refractivity contribution in [3.63, 3.8) is 0 Å². The third-order valence-electron chi connectivity index (χ3n) is 6.91. The number of anilines is 1. The summed E-state index contributed by atoms with van der Waals surface area (Å²) in [5, 5.41) is 7.93. The molecule has 3 heterocycles. The number of fused-ring (bicyclic) bond motifs is 1. The van der Waals surface area contributed by atoms with Gasteiger partial charge >= 0.3 is 11.9 Å². The fraction of sp³-hybridized carbons (Fsp3) is 0.308. The second kappa shape index (κ2) is 9.31. The Morgan fingerprint density at radius 1 is 1.17 bits per heavy atom. The second-order valence-corrected chi connectivity index (χ2v) is 9.91. The molecule has 2 aromatic heterocycles. The topological polar surface area (TPSA) is 90.0 Å². The predicted molar refractivity (Wildman–Crippen MR) is 136 cm³/mol. The molecule has 8 nitrogen and oxygen atoms in total. The monoisotopic (exact) mass is 490 g/mol. The van der Waals surface area contributed by atoms with Gasteiger partial charge in [-0.15, -0.1) is 0 Å². The molecule has 1 fully saturated rings. The number of benzene rings is 2. The van der Waals surface area contributed by atoms with Crippen LogP contribution in [0.25, 0.3) is 22.3 Å². The molecule has 0 radical (unpaired) electrons. The molecule has 0 saturated carbocycles. The number of nitrogens with one attached hydrogen (secondary N) is 1. The first kappa shape index (κ1) is 23.3. The van der Waals surface area contributed by atoms with Crippen LogP contribution in [0.5, 0.6) is 0 Å². The first-order chi connectivity index (χ1) is 16.9. The normalized spacial score (nSPS) is 19.8. The number of thioether (sulfide) groups is 1. The Labute approximate surface area is 207 Å². The number of nitrogens with zero attached hydrogens (tertiary/aromatic N) is 4. The summed E-state index contributed by atoms with van der Waals surface area (Å²) in [6.45, 7) is 4.21. The number of para-hydroxylation sites is 2. The van der Waals surface area contributed by atoms with Crippen LogP contribution in [0.15, 0.2) is 64.3 Å². The van der Waals surface area contributed by atoms with Gasteiger partial charge in [0.1, 0.15) is 23.2 Å². The lowest BCUT2D eigenvalue weighted by Crippen LogP contribution is -2.61. The Kier molecular flexibility index (Phi) is 6.21. The number of hydrogen-bond acceptors (Lipinski definition) is 6. The van der Waals surface area contributed by atoms with Crippen LogP contribution in [-0.4, -0.2) is 49.5 Å². The van der Waals surface area contributed by atoms with Crippen molar-refractivity contribution in [2.45, 2.75) is 37.9 Å². The number of imidazole rings is 1. The first-order valence-electron chi connectivity index (χ1n) is 11.7. The molecule has 1 aliphatic rings. The highest BCUT2D eigenvalue weighted by Crippen LogP contribution is 2.35. The standard InChI is InChI=1S/C26H27N5O3S/c1-17-10-9-15-31(17,22(32)16-35-25-27-20-13-7-8-14-21(20)30(25)3)26(33)28-23-18(2)34-29-24(23)19-11-5-4-6-12-19/h4-8,11-14,17H,9-10,15-16H2,1-3H3/p+1/t17-,31?/m1/s1. The predicted octanol–water partition coefficient (Wildman–Crippen LogP) is 5.39. The molecule has 0 aliphatic carbocycles. The van der Waals surface area contributed by atoms with Crippen molar-refractivity contribution < 1.29 is 18.6 Å². The van der Waals surface area contributed by atoms with Crippen molar-refractivity contribution in [3.05, 3.63) is 60.4 Å². The lowest BCUT2D eigenvalue weighted by atomic mass is 10.1. The van der Waals surface area contributed by atoms with Crippen LogP contribution in [-0.2, 0) is 11.8 Å². The summed E-state index contributed by atoms with van der Waals surface area (Å²) < 4.78 is 7.15. The molecule has 2 atom stereocenters. The molecule has 0 spiro atoms. The van der Waals surface area contributed by atoms with Gasteiger partial charge in [-0.1, -0.05) is 59.4 Å². The van der Waals surface area contributed by atoms with E-state index in [0.29, 0.717) is 23.7 Å². The summed E-state index contributed by atoms with van der Waals surface area (Å²) in [4.78, 5) is 32.1. The Balaban J connectivity index is 1.40. The second-order valence-electron chi connectivity index (χ2n) is 8.97. The number of quaternary nitrogens is 1. The fourth-order valence-corrected chi connectivity index (χ4v) is 5.81. The Hall–Kier alpha value is -3.43. The average molecular weight is 491 g/mol. The minimum absolute atomic E-state index is 0.121. The van der Waals surface area contributed by atoms with Crippen molar-refractivity contribution >= 4 is 40.4 Å². The highest BCUT2D eigenvalue weighted by molar-refractivity contribution is 7.99. The average Bonchev–Trinajstić information content (AvgIpc) is 3.54. The van der Waals surface area contributed by atoms with Gasteiger partial charge in [-0.05, 0) is 26.0 Å². The molecule has 35 heavy (non-hydrogen) atoms. The number of likely N-dealkylation sites (tertiary alicyclic amines) is 1. The SMILES string of the molecule is Cc1onc(-c2ccccc2)c1NC(=O)[N+]1(C(=O)CSc2nc3ccccc3n2C)CCC[C@H]1C. The number of imide groups is 1. The van der Waals surface area contributed by atoms with Crippen LogP contribution >= 0.6 is 11.8 Å². The smallest absolute Gasteiger partial charge is 0.359 e. The number of aromatic nitrogens is 3. The van der Waals surface area contributed by atoms with E-state index in [1.165, 1.54) is 11.8 Å². The lowest BCUT2D eigenvalue weighted by Gasteiger charge is -2.32. The molecule has 180 valence electrons. The number of hydrogen-bond donors (Lipinski definition) is 1. The highest BCUT2D eigenvalue weighted by atomic mass is 32.2. The molecule has 5 rings (SSSR count).